The highest BCUT2D eigenvalue weighted by molar-refractivity contribution is 6.42. The number of likely N-dealkylation sites (tertiary alicyclic amines) is 1. The molecule has 8 heteroatoms. The highest BCUT2D eigenvalue weighted by Crippen LogP contribution is 2.26. The van der Waals surface area contributed by atoms with Crippen molar-refractivity contribution in [2.45, 2.75) is 19.3 Å². The number of nitrogens with one attached hydrogen (secondary N) is 1. The van der Waals surface area contributed by atoms with Crippen LogP contribution in [0.3, 0.4) is 0 Å². The molecule has 1 amide bonds. The Morgan fingerprint density at radius 3 is 2.43 bits per heavy atom. The average molecular weight is 382 g/mol. The fourth-order valence-corrected chi connectivity index (χ4v) is 2.79. The lowest BCUT2D eigenvalue weighted by atomic mass is 9.95. The van der Waals surface area contributed by atoms with E-state index in [2.05, 4.69) is 10.2 Å². The van der Waals surface area contributed by atoms with Crippen molar-refractivity contribution in [1.29, 1.82) is 0 Å². The summed E-state index contributed by atoms with van der Waals surface area (Å²) in [4.78, 5) is 24.9. The van der Waals surface area contributed by atoms with Gasteiger partial charge in [-0.25, -0.2) is 0 Å². The number of aliphatic carboxylic acids is 1. The van der Waals surface area contributed by atoms with Crippen molar-refractivity contribution in [3.63, 3.8) is 0 Å². The number of carboxylic acid groups (broad SMARTS) is 1. The number of hydrogen-bond acceptors (Lipinski definition) is 3. The van der Waals surface area contributed by atoms with Crippen LogP contribution in [0.25, 0.3) is 0 Å². The third-order valence-electron chi connectivity index (χ3n) is 3.79. The Labute approximate surface area is 151 Å². The van der Waals surface area contributed by atoms with Crippen molar-refractivity contribution in [2.24, 2.45) is 5.92 Å². The lowest BCUT2D eigenvalue weighted by Gasteiger charge is -2.30. The number of benzene rings is 1. The van der Waals surface area contributed by atoms with Crippen LogP contribution in [0.15, 0.2) is 18.2 Å². The molecule has 1 aliphatic rings. The minimum atomic E-state index is -0.792. The Morgan fingerprint density at radius 2 is 1.87 bits per heavy atom. The molecule has 23 heavy (non-hydrogen) atoms. The topological polar surface area (TPSA) is 69.6 Å². The molecule has 128 valence electrons. The molecule has 0 saturated carbocycles. The van der Waals surface area contributed by atoms with E-state index in [4.69, 9.17) is 28.3 Å². The largest absolute Gasteiger partial charge is 0.481 e. The number of carboxylic acids is 1. The van der Waals surface area contributed by atoms with E-state index in [1.54, 1.807) is 18.2 Å². The summed E-state index contributed by atoms with van der Waals surface area (Å²) in [5, 5.41) is 12.4. The van der Waals surface area contributed by atoms with E-state index in [1.165, 1.54) is 0 Å². The van der Waals surface area contributed by atoms with Gasteiger partial charge in [0, 0.05) is 18.2 Å². The molecule has 1 aliphatic heterocycles. The van der Waals surface area contributed by atoms with E-state index in [0.29, 0.717) is 22.3 Å². The quantitative estimate of drug-likeness (QED) is 0.818. The first-order valence-corrected chi connectivity index (χ1v) is 7.91. The molecule has 0 spiro atoms. The third kappa shape index (κ3) is 6.18. The normalized spacial score (nSPS) is 15.7. The molecule has 1 fully saturated rings. The SMILES string of the molecule is Cl.O=C(O)CCN1CCC(C(=O)Nc2ccc(Cl)c(Cl)c2)CC1. The first-order valence-electron chi connectivity index (χ1n) is 7.16. The van der Waals surface area contributed by atoms with Crippen LogP contribution in [-0.2, 0) is 9.59 Å². The monoisotopic (exact) mass is 380 g/mol. The van der Waals surface area contributed by atoms with E-state index in [0.717, 1.165) is 25.9 Å². The molecule has 0 aliphatic carbocycles. The number of carbonyl (C=O) groups excluding carboxylic acids is 1. The molecule has 0 bridgehead atoms. The van der Waals surface area contributed by atoms with Crippen LogP contribution in [0, 0.1) is 5.92 Å². The number of rotatable bonds is 5. The van der Waals surface area contributed by atoms with Crippen LogP contribution in [0.5, 0.6) is 0 Å². The molecule has 0 aromatic heterocycles. The van der Waals surface area contributed by atoms with E-state index in [9.17, 15) is 9.59 Å². The van der Waals surface area contributed by atoms with Gasteiger partial charge < -0.3 is 15.3 Å². The Balaban J connectivity index is 0.00000264. The van der Waals surface area contributed by atoms with Gasteiger partial charge in [0.05, 0.1) is 16.5 Å². The molecule has 1 heterocycles. The van der Waals surface area contributed by atoms with Gasteiger partial charge in [-0.1, -0.05) is 23.2 Å². The second-order valence-corrected chi connectivity index (χ2v) is 6.19. The fraction of sp³-hybridized carbons (Fsp3) is 0.467. The van der Waals surface area contributed by atoms with Gasteiger partial charge >= 0.3 is 5.97 Å². The van der Waals surface area contributed by atoms with Crippen LogP contribution in [0.4, 0.5) is 5.69 Å². The molecule has 1 aromatic rings. The van der Waals surface area contributed by atoms with E-state index >= 15 is 0 Å². The van der Waals surface area contributed by atoms with Gasteiger partial charge in [-0.2, -0.15) is 0 Å². The number of hydrogen-bond donors (Lipinski definition) is 2. The van der Waals surface area contributed by atoms with Gasteiger partial charge in [0.2, 0.25) is 5.91 Å². The van der Waals surface area contributed by atoms with Crippen molar-refractivity contribution in [3.8, 4) is 0 Å². The maximum absolute atomic E-state index is 12.2. The summed E-state index contributed by atoms with van der Waals surface area (Å²) in [6, 6.07) is 4.99. The summed E-state index contributed by atoms with van der Waals surface area (Å²) in [7, 11) is 0. The summed E-state index contributed by atoms with van der Waals surface area (Å²) < 4.78 is 0. The zero-order chi connectivity index (χ0) is 16.1. The van der Waals surface area contributed by atoms with Crippen molar-refractivity contribution in [1.82, 2.24) is 4.90 Å². The summed E-state index contributed by atoms with van der Waals surface area (Å²) in [6.07, 6.45) is 1.60. The lowest BCUT2D eigenvalue weighted by Crippen LogP contribution is -2.39. The third-order valence-corrected chi connectivity index (χ3v) is 4.53. The van der Waals surface area contributed by atoms with Crippen molar-refractivity contribution in [2.75, 3.05) is 25.0 Å². The smallest absolute Gasteiger partial charge is 0.304 e. The molecule has 0 unspecified atom stereocenters. The van der Waals surface area contributed by atoms with Crippen LogP contribution >= 0.6 is 35.6 Å². The van der Waals surface area contributed by atoms with Crippen molar-refractivity contribution < 1.29 is 14.7 Å². The van der Waals surface area contributed by atoms with E-state index < -0.39 is 5.97 Å². The molecule has 0 atom stereocenters. The highest BCUT2D eigenvalue weighted by Gasteiger charge is 2.25. The van der Waals surface area contributed by atoms with Gasteiger partial charge in [0.1, 0.15) is 0 Å². The number of amides is 1. The molecule has 1 aromatic carbocycles. The first-order chi connectivity index (χ1) is 10.5. The molecule has 5 nitrogen and oxygen atoms in total. The van der Waals surface area contributed by atoms with Gasteiger partial charge in [-0.05, 0) is 44.1 Å². The maximum Gasteiger partial charge on any atom is 0.304 e. The summed E-state index contributed by atoms with van der Waals surface area (Å²) in [6.45, 7) is 2.02. The molecule has 2 N–H and O–H groups in total. The molecular formula is C15H19Cl3N2O3. The van der Waals surface area contributed by atoms with Crippen LogP contribution in [0.2, 0.25) is 10.0 Å². The van der Waals surface area contributed by atoms with E-state index in [-0.39, 0.29) is 30.7 Å². The Hall–Kier alpha value is -1.01. The van der Waals surface area contributed by atoms with Gasteiger partial charge in [0.25, 0.3) is 0 Å². The van der Waals surface area contributed by atoms with E-state index in [1.807, 2.05) is 0 Å². The van der Waals surface area contributed by atoms with Crippen LogP contribution in [-0.4, -0.2) is 41.5 Å². The zero-order valence-electron chi connectivity index (χ0n) is 12.4. The molecule has 2 rings (SSSR count). The first kappa shape index (κ1) is 20.0. The number of carbonyl (C=O) groups is 2. The molecular weight excluding hydrogens is 363 g/mol. The number of anilines is 1. The number of piperidine rings is 1. The van der Waals surface area contributed by atoms with Crippen LogP contribution in [0.1, 0.15) is 19.3 Å². The predicted molar refractivity (Wildman–Crippen MR) is 93.8 cm³/mol. The predicted octanol–water partition coefficient (Wildman–Crippen LogP) is 3.54. The number of halogens is 3. The second kappa shape index (κ2) is 9.33. The van der Waals surface area contributed by atoms with Gasteiger partial charge in [-0.15, -0.1) is 12.4 Å². The van der Waals surface area contributed by atoms with Crippen molar-refractivity contribution in [3.05, 3.63) is 28.2 Å². The lowest BCUT2D eigenvalue weighted by molar-refractivity contribution is -0.137. The van der Waals surface area contributed by atoms with Gasteiger partial charge in [0.15, 0.2) is 0 Å². The van der Waals surface area contributed by atoms with Gasteiger partial charge in [-0.3, -0.25) is 9.59 Å². The molecule has 0 radical (unpaired) electrons. The van der Waals surface area contributed by atoms with Crippen molar-refractivity contribution >= 4 is 53.2 Å². The molecule has 1 saturated heterocycles. The fourth-order valence-electron chi connectivity index (χ4n) is 2.49. The maximum atomic E-state index is 12.2. The summed E-state index contributed by atoms with van der Waals surface area (Å²) in [5.41, 5.74) is 0.632. The minimum Gasteiger partial charge on any atom is -0.481 e. The second-order valence-electron chi connectivity index (χ2n) is 5.38. The summed E-state index contributed by atoms with van der Waals surface area (Å²) in [5.74, 6) is -0.883. The summed E-state index contributed by atoms with van der Waals surface area (Å²) >= 11 is 11.8. The van der Waals surface area contributed by atoms with Crippen LogP contribution < -0.4 is 5.32 Å². The zero-order valence-corrected chi connectivity index (χ0v) is 14.8. The number of nitrogens with zero attached hydrogens (tertiary/aromatic N) is 1. The Bertz CT molecular complexity index is 561. The Morgan fingerprint density at radius 1 is 1.22 bits per heavy atom. The standard InChI is InChI=1S/C15H18Cl2N2O3.ClH/c16-12-2-1-11(9-13(12)17)18-15(22)10-3-6-19(7-4-10)8-5-14(20)21;/h1-2,9-10H,3-8H2,(H,18,22)(H,20,21);1H. The average Bonchev–Trinajstić information content (AvgIpc) is 2.49. The Kier molecular flexibility index (Phi) is 8.12. The minimum absolute atomic E-state index is 0. The highest BCUT2D eigenvalue weighted by atomic mass is 35.5.